The van der Waals surface area contributed by atoms with Crippen LogP contribution in [-0.2, 0) is 6.42 Å². The lowest BCUT2D eigenvalue weighted by molar-refractivity contribution is 0.439. The number of fused-ring (bicyclic) bond motifs is 1. The van der Waals surface area contributed by atoms with Crippen LogP contribution in [0.2, 0.25) is 0 Å². The van der Waals surface area contributed by atoms with Crippen molar-refractivity contribution in [1.82, 2.24) is 5.32 Å². The van der Waals surface area contributed by atoms with E-state index in [2.05, 4.69) is 69.8 Å². The topological polar surface area (TPSA) is 12.0 Å². The van der Waals surface area contributed by atoms with Crippen molar-refractivity contribution in [2.45, 2.75) is 18.4 Å². The van der Waals surface area contributed by atoms with Crippen molar-refractivity contribution in [3.63, 3.8) is 0 Å². The summed E-state index contributed by atoms with van der Waals surface area (Å²) >= 11 is 3.49. The molecule has 0 radical (unpaired) electrons. The average molecular weight is 302 g/mol. The molecule has 2 atom stereocenters. The second kappa shape index (κ2) is 4.87. The van der Waals surface area contributed by atoms with Crippen molar-refractivity contribution in [3.8, 4) is 0 Å². The summed E-state index contributed by atoms with van der Waals surface area (Å²) < 4.78 is 1.13. The summed E-state index contributed by atoms with van der Waals surface area (Å²) in [6.07, 6.45) is 1.18. The number of hydrogen-bond donors (Lipinski definition) is 1. The van der Waals surface area contributed by atoms with Crippen molar-refractivity contribution in [2.75, 3.05) is 7.05 Å². The van der Waals surface area contributed by atoms with Crippen molar-refractivity contribution in [1.29, 1.82) is 0 Å². The van der Waals surface area contributed by atoms with E-state index in [0.717, 1.165) is 4.47 Å². The number of rotatable bonds is 3. The van der Waals surface area contributed by atoms with Gasteiger partial charge in [-0.3, -0.25) is 0 Å². The summed E-state index contributed by atoms with van der Waals surface area (Å²) in [5, 5.41) is 3.47. The maximum absolute atomic E-state index is 3.49. The van der Waals surface area contributed by atoms with E-state index >= 15 is 0 Å². The molecule has 92 valence electrons. The van der Waals surface area contributed by atoms with Crippen LogP contribution < -0.4 is 5.32 Å². The Hall–Kier alpha value is -1.12. The van der Waals surface area contributed by atoms with E-state index in [4.69, 9.17) is 0 Å². The quantitative estimate of drug-likeness (QED) is 0.902. The predicted octanol–water partition coefficient (Wildman–Crippen LogP) is 4.05. The third-order valence-corrected chi connectivity index (χ3v) is 4.37. The van der Waals surface area contributed by atoms with E-state index in [-0.39, 0.29) is 0 Å². The smallest absolute Gasteiger partial charge is 0.0390 e. The molecule has 3 rings (SSSR count). The Kier molecular flexibility index (Phi) is 3.23. The number of likely N-dealkylation sites (N-methyl/N-ethyl adjacent to an activating group) is 1. The Labute approximate surface area is 116 Å². The molecule has 18 heavy (non-hydrogen) atoms. The van der Waals surface area contributed by atoms with E-state index in [0.29, 0.717) is 12.0 Å². The van der Waals surface area contributed by atoms with Crippen molar-refractivity contribution in [2.24, 2.45) is 0 Å². The molecule has 0 bridgehead atoms. The van der Waals surface area contributed by atoms with Crippen LogP contribution in [0.3, 0.4) is 0 Å². The van der Waals surface area contributed by atoms with Crippen molar-refractivity contribution in [3.05, 3.63) is 69.7 Å². The first kappa shape index (κ1) is 11.9. The fraction of sp³-hybridized carbons (Fsp3) is 0.250. The summed E-state index contributed by atoms with van der Waals surface area (Å²) in [7, 11) is 2.05. The molecular weight excluding hydrogens is 286 g/mol. The highest BCUT2D eigenvalue weighted by Gasteiger charge is 2.32. The number of nitrogens with one attached hydrogen (secondary N) is 1. The van der Waals surface area contributed by atoms with E-state index < -0.39 is 0 Å². The number of halogens is 1. The highest BCUT2D eigenvalue weighted by atomic mass is 79.9. The van der Waals surface area contributed by atoms with Crippen LogP contribution in [0.1, 0.15) is 28.7 Å². The maximum atomic E-state index is 3.49. The maximum Gasteiger partial charge on any atom is 0.0390 e. The Morgan fingerprint density at radius 3 is 2.50 bits per heavy atom. The second-order valence-corrected chi connectivity index (χ2v) is 5.74. The molecular formula is C16H16BrN. The summed E-state index contributed by atoms with van der Waals surface area (Å²) in [5.41, 5.74) is 4.36. The first-order chi connectivity index (χ1) is 8.79. The predicted molar refractivity (Wildman–Crippen MR) is 78.8 cm³/mol. The summed E-state index contributed by atoms with van der Waals surface area (Å²) in [6.45, 7) is 0. The zero-order valence-corrected chi connectivity index (χ0v) is 11.9. The Bertz CT molecular complexity index is 547. The Balaban J connectivity index is 1.89. The third-order valence-electron chi connectivity index (χ3n) is 3.84. The summed E-state index contributed by atoms with van der Waals surface area (Å²) in [5.74, 6) is 0.604. The van der Waals surface area contributed by atoms with E-state index in [9.17, 15) is 0 Å². The monoisotopic (exact) mass is 301 g/mol. The van der Waals surface area contributed by atoms with Crippen molar-refractivity contribution < 1.29 is 0 Å². The van der Waals surface area contributed by atoms with Gasteiger partial charge in [0.05, 0.1) is 0 Å². The van der Waals surface area contributed by atoms with Crippen LogP contribution in [-0.4, -0.2) is 7.05 Å². The molecule has 0 amide bonds. The third kappa shape index (κ3) is 2.00. The van der Waals surface area contributed by atoms with Gasteiger partial charge < -0.3 is 5.32 Å². The minimum Gasteiger partial charge on any atom is -0.312 e. The standard InChI is InChI=1S/C16H16BrN/c1-18-16(11-6-8-13(17)9-7-11)15-10-12-4-2-3-5-14(12)15/h2-9,15-16,18H,10H2,1H3. The van der Waals surface area contributed by atoms with Crippen LogP contribution in [0.15, 0.2) is 53.0 Å². The van der Waals surface area contributed by atoms with Gasteiger partial charge in [-0.05, 0) is 42.3 Å². The van der Waals surface area contributed by atoms with Gasteiger partial charge in [-0.15, -0.1) is 0 Å². The van der Waals surface area contributed by atoms with Crippen LogP contribution >= 0.6 is 15.9 Å². The van der Waals surface area contributed by atoms with Gasteiger partial charge in [0, 0.05) is 16.4 Å². The largest absolute Gasteiger partial charge is 0.312 e. The van der Waals surface area contributed by atoms with Crippen LogP contribution in [0, 0.1) is 0 Å². The molecule has 1 nitrogen and oxygen atoms in total. The van der Waals surface area contributed by atoms with Gasteiger partial charge in [-0.25, -0.2) is 0 Å². The SMILES string of the molecule is CNC(c1ccc(Br)cc1)C1Cc2ccccc21. The zero-order valence-electron chi connectivity index (χ0n) is 10.4. The molecule has 0 saturated carbocycles. The molecule has 0 fully saturated rings. The van der Waals surface area contributed by atoms with Gasteiger partial charge >= 0.3 is 0 Å². The zero-order chi connectivity index (χ0) is 12.5. The van der Waals surface area contributed by atoms with Crippen molar-refractivity contribution >= 4 is 15.9 Å². The fourth-order valence-corrected chi connectivity index (χ4v) is 3.13. The number of hydrogen-bond acceptors (Lipinski definition) is 1. The molecule has 1 N–H and O–H groups in total. The van der Waals surface area contributed by atoms with Crippen LogP contribution in [0.25, 0.3) is 0 Å². The molecule has 0 saturated heterocycles. The van der Waals surface area contributed by atoms with Gasteiger partial charge in [-0.1, -0.05) is 52.3 Å². The molecule has 1 aliphatic rings. The summed E-state index contributed by atoms with van der Waals surface area (Å²) in [6, 6.07) is 17.8. The van der Waals surface area contributed by atoms with Gasteiger partial charge in [-0.2, -0.15) is 0 Å². The lowest BCUT2D eigenvalue weighted by Gasteiger charge is -2.36. The minimum atomic E-state index is 0.410. The molecule has 0 heterocycles. The highest BCUT2D eigenvalue weighted by molar-refractivity contribution is 9.10. The highest BCUT2D eigenvalue weighted by Crippen LogP contribution is 2.43. The van der Waals surface area contributed by atoms with E-state index in [1.54, 1.807) is 0 Å². The van der Waals surface area contributed by atoms with Gasteiger partial charge in [0.2, 0.25) is 0 Å². The lowest BCUT2D eigenvalue weighted by Crippen LogP contribution is -2.31. The van der Waals surface area contributed by atoms with Crippen LogP contribution in [0.5, 0.6) is 0 Å². The molecule has 2 heteroatoms. The van der Waals surface area contributed by atoms with Gasteiger partial charge in [0.15, 0.2) is 0 Å². The van der Waals surface area contributed by atoms with Crippen LogP contribution in [0.4, 0.5) is 0 Å². The fourth-order valence-electron chi connectivity index (χ4n) is 2.87. The first-order valence-electron chi connectivity index (χ1n) is 6.30. The molecule has 0 aromatic heterocycles. The Morgan fingerprint density at radius 2 is 1.83 bits per heavy atom. The Morgan fingerprint density at radius 1 is 1.11 bits per heavy atom. The second-order valence-electron chi connectivity index (χ2n) is 4.83. The summed E-state index contributed by atoms with van der Waals surface area (Å²) in [4.78, 5) is 0. The molecule has 0 spiro atoms. The molecule has 1 aliphatic carbocycles. The molecule has 2 aromatic carbocycles. The average Bonchev–Trinajstić information content (AvgIpc) is 2.37. The minimum absolute atomic E-state index is 0.410. The first-order valence-corrected chi connectivity index (χ1v) is 7.09. The normalized spacial score (nSPS) is 18.9. The van der Waals surface area contributed by atoms with E-state index in [1.807, 2.05) is 7.05 Å². The molecule has 0 aliphatic heterocycles. The lowest BCUT2D eigenvalue weighted by atomic mass is 9.72. The number of benzene rings is 2. The van der Waals surface area contributed by atoms with E-state index in [1.165, 1.54) is 23.1 Å². The van der Waals surface area contributed by atoms with Gasteiger partial charge in [0.25, 0.3) is 0 Å². The van der Waals surface area contributed by atoms with Gasteiger partial charge in [0.1, 0.15) is 0 Å². The molecule has 2 aromatic rings. The molecule has 2 unspecified atom stereocenters.